The van der Waals surface area contributed by atoms with E-state index in [0.29, 0.717) is 15.9 Å². The van der Waals surface area contributed by atoms with Crippen molar-refractivity contribution in [1.29, 1.82) is 0 Å². The van der Waals surface area contributed by atoms with E-state index >= 15 is 0 Å². The van der Waals surface area contributed by atoms with Crippen LogP contribution in [0.2, 0.25) is 5.02 Å². The van der Waals surface area contributed by atoms with E-state index in [1.54, 1.807) is 0 Å². The molecule has 0 spiro atoms. The highest BCUT2D eigenvalue weighted by molar-refractivity contribution is 7.99. The molecule has 3 rings (SSSR count). The number of aromatic nitrogens is 4. The lowest BCUT2D eigenvalue weighted by molar-refractivity contribution is 0.102. The molecule has 0 atom stereocenters. The zero-order valence-corrected chi connectivity index (χ0v) is 16.1. The maximum atomic E-state index is 12.5. The Morgan fingerprint density at radius 1 is 1.12 bits per heavy atom. The number of aryl methyl sites for hydroxylation is 1. The maximum absolute atomic E-state index is 12.5. The number of carbonyl (C=O) groups is 1. The van der Waals surface area contributed by atoms with E-state index in [-0.39, 0.29) is 5.78 Å². The number of nitrogens with zero attached hydrogens (tertiary/aromatic N) is 4. The first-order valence-electron chi connectivity index (χ1n) is 7.82. The van der Waals surface area contributed by atoms with Crippen molar-refractivity contribution in [1.82, 2.24) is 19.3 Å². The molecule has 2 heterocycles. The zero-order valence-electron chi connectivity index (χ0n) is 14.6. The van der Waals surface area contributed by atoms with E-state index in [9.17, 15) is 4.79 Å². The molecule has 0 aliphatic heterocycles. The van der Waals surface area contributed by atoms with Crippen molar-refractivity contribution in [2.24, 2.45) is 14.1 Å². The summed E-state index contributed by atoms with van der Waals surface area (Å²) >= 11 is 7.32. The summed E-state index contributed by atoms with van der Waals surface area (Å²) in [6, 6.07) is 9.39. The fraction of sp³-hybridized carbons (Fsp3) is 0.278. The molecule has 0 N–H and O–H groups in total. The first-order valence-corrected chi connectivity index (χ1v) is 9.19. The minimum absolute atomic E-state index is 0.0993. The Hall–Kier alpha value is -2.05. The molecule has 0 aliphatic carbocycles. The molecule has 3 aromatic rings. The molecule has 0 aliphatic rings. The molecule has 0 saturated carbocycles. The highest BCUT2D eigenvalue weighted by Crippen LogP contribution is 2.25. The predicted octanol–water partition coefficient (Wildman–Crippen LogP) is 4.07. The second-order valence-electron chi connectivity index (χ2n) is 5.93. The third-order valence-corrected chi connectivity index (χ3v) is 5.62. The minimum Gasteiger partial charge on any atom is -0.351 e. The van der Waals surface area contributed by atoms with E-state index in [2.05, 4.69) is 10.2 Å². The Balaban J connectivity index is 1.75. The number of Topliss-reactive ketones (excluding diaryl/α,β-unsaturated/α-hetero) is 1. The van der Waals surface area contributed by atoms with Gasteiger partial charge in [-0.2, -0.15) is 0 Å². The average molecular weight is 375 g/mol. The highest BCUT2D eigenvalue weighted by atomic mass is 35.5. The Labute approximate surface area is 156 Å². The first kappa shape index (κ1) is 17.8. The van der Waals surface area contributed by atoms with Gasteiger partial charge in [-0.1, -0.05) is 23.4 Å². The number of hydrogen-bond donors (Lipinski definition) is 0. The van der Waals surface area contributed by atoms with Crippen LogP contribution in [0.3, 0.4) is 0 Å². The van der Waals surface area contributed by atoms with Crippen LogP contribution in [0.25, 0.3) is 11.4 Å². The predicted molar refractivity (Wildman–Crippen MR) is 101 cm³/mol. The van der Waals surface area contributed by atoms with Crippen molar-refractivity contribution < 1.29 is 4.79 Å². The quantitative estimate of drug-likeness (QED) is 0.499. The van der Waals surface area contributed by atoms with Crippen LogP contribution in [0.4, 0.5) is 0 Å². The molecule has 0 amide bonds. The van der Waals surface area contributed by atoms with E-state index in [4.69, 9.17) is 11.6 Å². The summed E-state index contributed by atoms with van der Waals surface area (Å²) in [5.74, 6) is 1.18. The second kappa shape index (κ2) is 7.06. The van der Waals surface area contributed by atoms with Crippen molar-refractivity contribution in [3.05, 3.63) is 52.3 Å². The minimum atomic E-state index is 0.0993. The van der Waals surface area contributed by atoms with Gasteiger partial charge in [-0.15, -0.1) is 10.2 Å². The van der Waals surface area contributed by atoms with Crippen LogP contribution in [0.1, 0.15) is 21.7 Å². The number of carbonyl (C=O) groups excluding carboxylic acids is 1. The van der Waals surface area contributed by atoms with Crippen molar-refractivity contribution in [2.45, 2.75) is 19.0 Å². The smallest absolute Gasteiger partial charge is 0.191 e. The Kier molecular flexibility index (Phi) is 5.01. The Bertz CT molecular complexity index is 927. The molecule has 25 heavy (non-hydrogen) atoms. The second-order valence-corrected chi connectivity index (χ2v) is 7.31. The average Bonchev–Trinajstić information content (AvgIpc) is 3.08. The number of halogens is 1. The molecular formula is C18H19ClN4OS. The number of rotatable bonds is 5. The third-order valence-electron chi connectivity index (χ3n) is 4.35. The van der Waals surface area contributed by atoms with Gasteiger partial charge in [-0.3, -0.25) is 4.79 Å². The maximum Gasteiger partial charge on any atom is 0.191 e. The van der Waals surface area contributed by atoms with Gasteiger partial charge in [-0.05, 0) is 44.2 Å². The molecular weight excluding hydrogens is 356 g/mol. The van der Waals surface area contributed by atoms with Crippen molar-refractivity contribution >= 4 is 29.1 Å². The molecule has 0 saturated heterocycles. The Morgan fingerprint density at radius 3 is 2.40 bits per heavy atom. The van der Waals surface area contributed by atoms with Crippen molar-refractivity contribution in [2.75, 3.05) is 5.75 Å². The SMILES string of the molecule is Cc1cc(C(=O)CSc2nnc(-c3ccc(Cl)cc3)n2C)c(C)n1C. The van der Waals surface area contributed by atoms with Gasteiger partial charge in [0.15, 0.2) is 16.8 Å². The van der Waals surface area contributed by atoms with Crippen LogP contribution in [-0.2, 0) is 14.1 Å². The lowest BCUT2D eigenvalue weighted by Crippen LogP contribution is -2.05. The van der Waals surface area contributed by atoms with E-state index in [0.717, 1.165) is 28.3 Å². The van der Waals surface area contributed by atoms with Gasteiger partial charge in [0.05, 0.1) is 5.75 Å². The summed E-state index contributed by atoms with van der Waals surface area (Å²) < 4.78 is 3.92. The monoisotopic (exact) mass is 374 g/mol. The zero-order chi connectivity index (χ0) is 18.1. The number of hydrogen-bond acceptors (Lipinski definition) is 4. The lowest BCUT2D eigenvalue weighted by atomic mass is 10.2. The van der Waals surface area contributed by atoms with Gasteiger partial charge >= 0.3 is 0 Å². The standard InChI is InChI=1S/C18H19ClN4OS/c1-11-9-15(12(2)22(11)3)16(24)10-25-18-21-20-17(23(18)4)13-5-7-14(19)8-6-13/h5-9H,10H2,1-4H3. The van der Waals surface area contributed by atoms with Crippen LogP contribution in [0.5, 0.6) is 0 Å². The van der Waals surface area contributed by atoms with E-state index < -0.39 is 0 Å². The largest absolute Gasteiger partial charge is 0.351 e. The van der Waals surface area contributed by atoms with E-state index in [1.807, 2.05) is 67.4 Å². The van der Waals surface area contributed by atoms with Crippen LogP contribution in [-0.4, -0.2) is 30.9 Å². The number of thioether (sulfide) groups is 1. The van der Waals surface area contributed by atoms with Gasteiger partial charge in [-0.25, -0.2) is 0 Å². The normalized spacial score (nSPS) is 11.1. The van der Waals surface area contributed by atoms with Crippen LogP contribution < -0.4 is 0 Å². The fourth-order valence-corrected chi connectivity index (χ4v) is 3.56. The van der Waals surface area contributed by atoms with Crippen molar-refractivity contribution in [3.63, 3.8) is 0 Å². The molecule has 130 valence electrons. The summed E-state index contributed by atoms with van der Waals surface area (Å²) in [6.07, 6.45) is 0. The summed E-state index contributed by atoms with van der Waals surface area (Å²) in [5.41, 5.74) is 3.78. The third kappa shape index (κ3) is 3.50. The van der Waals surface area contributed by atoms with Gasteiger partial charge in [0.1, 0.15) is 0 Å². The number of ketones is 1. The molecule has 0 unspecified atom stereocenters. The number of benzene rings is 1. The molecule has 0 bridgehead atoms. The molecule has 2 aromatic heterocycles. The highest BCUT2D eigenvalue weighted by Gasteiger charge is 2.17. The van der Waals surface area contributed by atoms with Crippen LogP contribution in [0, 0.1) is 13.8 Å². The van der Waals surface area contributed by atoms with Crippen LogP contribution in [0.15, 0.2) is 35.5 Å². The van der Waals surface area contributed by atoms with Gasteiger partial charge < -0.3 is 9.13 Å². The summed E-state index contributed by atoms with van der Waals surface area (Å²) in [7, 11) is 3.87. The van der Waals surface area contributed by atoms with E-state index in [1.165, 1.54) is 11.8 Å². The first-order chi connectivity index (χ1) is 11.9. The van der Waals surface area contributed by atoms with Crippen molar-refractivity contribution in [3.8, 4) is 11.4 Å². The van der Waals surface area contributed by atoms with Crippen LogP contribution >= 0.6 is 23.4 Å². The molecule has 7 heteroatoms. The topological polar surface area (TPSA) is 52.7 Å². The Morgan fingerprint density at radius 2 is 1.80 bits per heavy atom. The molecule has 0 fully saturated rings. The lowest BCUT2D eigenvalue weighted by Gasteiger charge is -2.04. The summed E-state index contributed by atoms with van der Waals surface area (Å²) in [5, 5.41) is 9.84. The fourth-order valence-electron chi connectivity index (χ4n) is 2.64. The van der Waals surface area contributed by atoms with Gasteiger partial charge in [0.25, 0.3) is 0 Å². The molecule has 0 radical (unpaired) electrons. The molecule has 5 nitrogen and oxygen atoms in total. The summed E-state index contributed by atoms with van der Waals surface area (Å²) in [4.78, 5) is 12.5. The summed E-state index contributed by atoms with van der Waals surface area (Å²) in [6.45, 7) is 3.96. The van der Waals surface area contributed by atoms with Gasteiger partial charge in [0.2, 0.25) is 0 Å². The molecule has 1 aromatic carbocycles. The van der Waals surface area contributed by atoms with Gasteiger partial charge in [0, 0.05) is 41.6 Å².